The normalized spacial score (nSPS) is 14.2. The summed E-state index contributed by atoms with van der Waals surface area (Å²) in [6.45, 7) is 7.17. The van der Waals surface area contributed by atoms with E-state index in [9.17, 15) is 14.9 Å². The topological polar surface area (TPSA) is 93.8 Å². The first-order chi connectivity index (χ1) is 19.1. The second-order valence-corrected chi connectivity index (χ2v) is 11.1. The number of fused-ring (bicyclic) bond motifs is 2. The van der Waals surface area contributed by atoms with Gasteiger partial charge in [-0.05, 0) is 73.5 Å². The molecule has 1 saturated heterocycles. The number of rotatable bonds is 5. The summed E-state index contributed by atoms with van der Waals surface area (Å²) in [7, 11) is 1.38. The highest BCUT2D eigenvalue weighted by molar-refractivity contribution is 5.96. The zero-order valence-corrected chi connectivity index (χ0v) is 23.3. The molecule has 206 valence electrons. The van der Waals surface area contributed by atoms with Crippen LogP contribution in [0, 0.1) is 11.3 Å². The molecule has 0 aliphatic carbocycles. The minimum atomic E-state index is -0.524. The number of aromatic nitrogens is 1. The molecule has 1 aliphatic heterocycles. The average Bonchev–Trinajstić information content (AvgIpc) is 3.29. The van der Waals surface area contributed by atoms with Crippen LogP contribution >= 0.6 is 0 Å². The van der Waals surface area contributed by atoms with Gasteiger partial charge in [0, 0.05) is 43.9 Å². The maximum atomic E-state index is 12.7. The lowest BCUT2D eigenvalue weighted by atomic mass is 10.0. The van der Waals surface area contributed by atoms with Crippen molar-refractivity contribution in [2.75, 3.05) is 20.2 Å². The Bertz CT molecular complexity index is 1620. The number of likely N-dealkylation sites (tertiary alicyclic amines) is 1. The van der Waals surface area contributed by atoms with Gasteiger partial charge >= 0.3 is 12.1 Å². The number of methoxy groups -OCH3 is 1. The fraction of sp³-hybridized carbons (Fsp3) is 0.344. The molecule has 4 aromatic rings. The van der Waals surface area contributed by atoms with Gasteiger partial charge in [-0.25, -0.2) is 9.59 Å². The summed E-state index contributed by atoms with van der Waals surface area (Å²) in [4.78, 5) is 26.8. The molecule has 1 fully saturated rings. The first kappa shape index (κ1) is 27.1. The molecule has 0 spiro atoms. The van der Waals surface area contributed by atoms with Gasteiger partial charge in [-0.2, -0.15) is 5.26 Å². The van der Waals surface area contributed by atoms with Crippen molar-refractivity contribution in [1.82, 2.24) is 9.47 Å². The number of amides is 1. The summed E-state index contributed by atoms with van der Waals surface area (Å²) in [6.07, 6.45) is 1.08. The number of carbonyl (C=O) groups excluding carboxylic acids is 2. The number of benzene rings is 3. The molecule has 0 radical (unpaired) electrons. The van der Waals surface area contributed by atoms with Crippen molar-refractivity contribution in [3.05, 3.63) is 77.5 Å². The molecule has 0 unspecified atom stereocenters. The van der Waals surface area contributed by atoms with Crippen LogP contribution < -0.4 is 4.74 Å². The van der Waals surface area contributed by atoms with Crippen LogP contribution in [0.4, 0.5) is 4.79 Å². The van der Waals surface area contributed by atoms with Crippen molar-refractivity contribution >= 4 is 33.7 Å². The third kappa shape index (κ3) is 5.89. The smallest absolute Gasteiger partial charge is 0.410 e. The van der Waals surface area contributed by atoms with Crippen molar-refractivity contribution < 1.29 is 23.8 Å². The summed E-state index contributed by atoms with van der Waals surface area (Å²) in [5.41, 5.74) is 2.38. The van der Waals surface area contributed by atoms with E-state index in [0.717, 1.165) is 27.2 Å². The minimum absolute atomic E-state index is 0.0329. The lowest BCUT2D eigenvalue weighted by molar-refractivity contribution is 0.0126. The zero-order chi connectivity index (χ0) is 28.4. The van der Waals surface area contributed by atoms with Crippen molar-refractivity contribution in [1.29, 1.82) is 5.26 Å². The molecule has 1 aliphatic rings. The van der Waals surface area contributed by atoms with Crippen LogP contribution in [-0.4, -0.2) is 53.4 Å². The molecule has 8 nitrogen and oxygen atoms in total. The highest BCUT2D eigenvalue weighted by atomic mass is 16.6. The monoisotopic (exact) mass is 539 g/mol. The number of piperidine rings is 1. The Morgan fingerprint density at radius 2 is 1.68 bits per heavy atom. The molecule has 0 atom stereocenters. The maximum Gasteiger partial charge on any atom is 0.410 e. The highest BCUT2D eigenvalue weighted by Gasteiger charge is 2.28. The lowest BCUT2D eigenvalue weighted by Gasteiger charge is -2.33. The van der Waals surface area contributed by atoms with Crippen LogP contribution in [-0.2, 0) is 16.0 Å². The predicted octanol–water partition coefficient (Wildman–Crippen LogP) is 6.28. The van der Waals surface area contributed by atoms with Crippen molar-refractivity contribution in [3.8, 4) is 11.8 Å². The van der Waals surface area contributed by atoms with Gasteiger partial charge in [0.05, 0.1) is 24.3 Å². The fourth-order valence-electron chi connectivity index (χ4n) is 5.07. The van der Waals surface area contributed by atoms with Gasteiger partial charge in [-0.1, -0.05) is 18.2 Å². The van der Waals surface area contributed by atoms with E-state index in [1.54, 1.807) is 11.0 Å². The van der Waals surface area contributed by atoms with E-state index in [1.807, 2.05) is 79.9 Å². The van der Waals surface area contributed by atoms with Crippen LogP contribution in [0.3, 0.4) is 0 Å². The Morgan fingerprint density at radius 3 is 2.38 bits per heavy atom. The number of esters is 1. The lowest BCUT2D eigenvalue weighted by Crippen LogP contribution is -2.44. The first-order valence-electron chi connectivity index (χ1n) is 13.4. The Labute approximate surface area is 233 Å². The molecular formula is C32H33N3O5. The van der Waals surface area contributed by atoms with Crippen molar-refractivity contribution in [2.24, 2.45) is 0 Å². The standard InChI is InChI=1S/C32H33N3O5/c1-32(2,3)40-31(37)34-13-11-26(12-14-34)39-27-10-9-24-17-29(30(36)38-4)35(28(24)18-27)20-22-6-8-23-7-5-21(19-33)15-25(23)16-22/h5-10,15-18,26H,11-14,20H2,1-4H3. The molecule has 2 heterocycles. The van der Waals surface area contributed by atoms with Gasteiger partial charge < -0.3 is 23.7 Å². The van der Waals surface area contributed by atoms with Crippen molar-refractivity contribution in [3.63, 3.8) is 0 Å². The molecule has 5 rings (SSSR count). The van der Waals surface area contributed by atoms with Gasteiger partial charge in [0.2, 0.25) is 0 Å². The number of hydrogen-bond acceptors (Lipinski definition) is 6. The molecule has 0 N–H and O–H groups in total. The highest BCUT2D eigenvalue weighted by Crippen LogP contribution is 2.29. The Kier molecular flexibility index (Phi) is 7.40. The van der Waals surface area contributed by atoms with E-state index in [0.29, 0.717) is 49.5 Å². The Balaban J connectivity index is 1.38. The summed E-state index contributed by atoms with van der Waals surface area (Å²) >= 11 is 0. The number of hydrogen-bond donors (Lipinski definition) is 0. The number of ether oxygens (including phenoxy) is 3. The van der Waals surface area contributed by atoms with E-state index in [-0.39, 0.29) is 12.2 Å². The molecule has 8 heteroatoms. The number of carbonyl (C=O) groups is 2. The molecule has 1 aromatic heterocycles. The van der Waals surface area contributed by atoms with E-state index >= 15 is 0 Å². The van der Waals surface area contributed by atoms with Crippen molar-refractivity contribution in [2.45, 2.75) is 51.9 Å². The van der Waals surface area contributed by atoms with Gasteiger partial charge in [-0.15, -0.1) is 0 Å². The molecule has 0 bridgehead atoms. The summed E-state index contributed by atoms with van der Waals surface area (Å²) < 4.78 is 18.9. The molecule has 3 aromatic carbocycles. The van der Waals surface area contributed by atoms with Gasteiger partial charge in [0.25, 0.3) is 0 Å². The summed E-state index contributed by atoms with van der Waals surface area (Å²) in [5, 5.41) is 12.2. The molecule has 0 saturated carbocycles. The van der Waals surface area contributed by atoms with E-state index < -0.39 is 11.6 Å². The summed E-state index contributed by atoms with van der Waals surface area (Å²) in [6, 6.07) is 21.5. The Morgan fingerprint density at radius 1 is 0.950 bits per heavy atom. The largest absolute Gasteiger partial charge is 0.490 e. The molecule has 40 heavy (non-hydrogen) atoms. The third-order valence-corrected chi connectivity index (χ3v) is 7.04. The second-order valence-electron chi connectivity index (χ2n) is 11.1. The molecule has 1 amide bonds. The Hall–Kier alpha value is -4.51. The van der Waals surface area contributed by atoms with Crippen LogP contribution in [0.5, 0.6) is 5.75 Å². The average molecular weight is 540 g/mol. The van der Waals surface area contributed by atoms with Crippen LogP contribution in [0.25, 0.3) is 21.7 Å². The summed E-state index contributed by atoms with van der Waals surface area (Å²) in [5.74, 6) is 0.289. The quantitative estimate of drug-likeness (QED) is 0.277. The fourth-order valence-corrected chi connectivity index (χ4v) is 5.07. The maximum absolute atomic E-state index is 12.7. The zero-order valence-electron chi connectivity index (χ0n) is 23.3. The van der Waals surface area contributed by atoms with Crippen LogP contribution in [0.15, 0.2) is 60.7 Å². The number of nitriles is 1. The number of nitrogens with zero attached hydrogens (tertiary/aromatic N) is 3. The first-order valence-corrected chi connectivity index (χ1v) is 13.4. The minimum Gasteiger partial charge on any atom is -0.490 e. The van der Waals surface area contributed by atoms with E-state index in [2.05, 4.69) is 6.07 Å². The SMILES string of the molecule is COC(=O)c1cc2ccc(OC3CCN(C(=O)OC(C)(C)C)CC3)cc2n1Cc1ccc2ccc(C#N)cc2c1. The van der Waals surface area contributed by atoms with Gasteiger partial charge in [-0.3, -0.25) is 0 Å². The molecular weight excluding hydrogens is 506 g/mol. The van der Waals surface area contributed by atoms with Crippen LogP contribution in [0.1, 0.15) is 55.2 Å². The van der Waals surface area contributed by atoms with E-state index in [1.165, 1.54) is 7.11 Å². The third-order valence-electron chi connectivity index (χ3n) is 7.04. The predicted molar refractivity (Wildman–Crippen MR) is 152 cm³/mol. The van der Waals surface area contributed by atoms with E-state index in [4.69, 9.17) is 14.2 Å². The van der Waals surface area contributed by atoms with Crippen LogP contribution in [0.2, 0.25) is 0 Å². The second kappa shape index (κ2) is 10.9. The van der Waals surface area contributed by atoms with Gasteiger partial charge in [0.15, 0.2) is 0 Å². The van der Waals surface area contributed by atoms with Gasteiger partial charge in [0.1, 0.15) is 23.1 Å².